The van der Waals surface area contributed by atoms with E-state index in [1.54, 1.807) is 24.3 Å². The number of ether oxygens (including phenoxy) is 1. The molecule has 0 radical (unpaired) electrons. The lowest BCUT2D eigenvalue weighted by atomic mass is 10.1. The number of nitrogens with two attached hydrogens (primary N) is 1. The van der Waals surface area contributed by atoms with E-state index in [0.29, 0.717) is 21.3 Å². The molecule has 0 aliphatic rings. The second-order valence-corrected chi connectivity index (χ2v) is 5.22. The highest BCUT2D eigenvalue weighted by Crippen LogP contribution is 2.20. The minimum atomic E-state index is -0.494. The number of rotatable bonds is 3. The van der Waals surface area contributed by atoms with Crippen LogP contribution in [0, 0.1) is 12.7 Å². The van der Waals surface area contributed by atoms with Crippen molar-refractivity contribution < 1.29 is 13.9 Å². The number of nitrogen functional groups attached to an aromatic ring is 1. The number of hydrogen-bond acceptors (Lipinski definition) is 3. The molecule has 0 bridgehead atoms. The zero-order chi connectivity index (χ0) is 14.7. The van der Waals surface area contributed by atoms with Gasteiger partial charge in [0, 0.05) is 5.69 Å². The molecule has 0 heterocycles. The predicted molar refractivity (Wildman–Crippen MR) is 78.8 cm³/mol. The number of para-hydroxylation sites is 1. The first-order chi connectivity index (χ1) is 9.49. The van der Waals surface area contributed by atoms with Gasteiger partial charge in [0.1, 0.15) is 12.4 Å². The SMILES string of the molecule is Cc1cccc(C(=O)OCc2ccc(F)c(Br)c2)c1N. The van der Waals surface area contributed by atoms with Crippen molar-refractivity contribution in [1.29, 1.82) is 0 Å². The Bertz CT molecular complexity index is 658. The molecule has 2 aromatic rings. The first kappa shape index (κ1) is 14.5. The zero-order valence-electron chi connectivity index (χ0n) is 10.8. The summed E-state index contributed by atoms with van der Waals surface area (Å²) in [6.45, 7) is 1.88. The lowest BCUT2D eigenvalue weighted by molar-refractivity contribution is 0.0474. The van der Waals surface area contributed by atoms with Crippen molar-refractivity contribution in [3.05, 3.63) is 63.4 Å². The van der Waals surface area contributed by atoms with Crippen molar-refractivity contribution in [2.45, 2.75) is 13.5 Å². The average Bonchev–Trinajstić information content (AvgIpc) is 2.43. The van der Waals surface area contributed by atoms with E-state index in [2.05, 4.69) is 15.9 Å². The fourth-order valence-corrected chi connectivity index (χ4v) is 2.14. The first-order valence-corrected chi connectivity index (χ1v) is 6.74. The van der Waals surface area contributed by atoms with Gasteiger partial charge in [-0.25, -0.2) is 9.18 Å². The number of hydrogen-bond donors (Lipinski definition) is 1. The third-order valence-corrected chi connectivity index (χ3v) is 3.51. The molecule has 0 amide bonds. The summed E-state index contributed by atoms with van der Waals surface area (Å²) >= 11 is 3.08. The summed E-state index contributed by atoms with van der Waals surface area (Å²) in [6.07, 6.45) is 0. The van der Waals surface area contributed by atoms with Crippen molar-refractivity contribution in [2.24, 2.45) is 0 Å². The molecule has 0 saturated carbocycles. The Morgan fingerprint density at radius 2 is 2.10 bits per heavy atom. The van der Waals surface area contributed by atoms with Crippen LogP contribution in [0.25, 0.3) is 0 Å². The van der Waals surface area contributed by atoms with Crippen LogP contribution in [0.3, 0.4) is 0 Å². The third kappa shape index (κ3) is 3.17. The molecular weight excluding hydrogens is 325 g/mol. The fourth-order valence-electron chi connectivity index (χ4n) is 1.71. The van der Waals surface area contributed by atoms with Crippen LogP contribution in [-0.2, 0) is 11.3 Å². The highest BCUT2D eigenvalue weighted by Gasteiger charge is 2.12. The van der Waals surface area contributed by atoms with Gasteiger partial charge < -0.3 is 10.5 Å². The quantitative estimate of drug-likeness (QED) is 0.683. The molecule has 5 heteroatoms. The van der Waals surface area contributed by atoms with Gasteiger partial charge >= 0.3 is 5.97 Å². The molecule has 2 rings (SSSR count). The van der Waals surface area contributed by atoms with Gasteiger partial charge in [-0.15, -0.1) is 0 Å². The maximum absolute atomic E-state index is 13.1. The number of carbonyl (C=O) groups excluding carboxylic acids is 1. The molecule has 0 aliphatic carbocycles. The maximum atomic E-state index is 13.1. The van der Waals surface area contributed by atoms with Gasteiger partial charge in [0.15, 0.2) is 0 Å². The van der Waals surface area contributed by atoms with E-state index in [1.165, 1.54) is 6.07 Å². The summed E-state index contributed by atoms with van der Waals surface area (Å²) in [7, 11) is 0. The Labute approximate surface area is 124 Å². The maximum Gasteiger partial charge on any atom is 0.340 e. The summed E-state index contributed by atoms with van der Waals surface area (Å²) in [4.78, 5) is 12.0. The van der Waals surface area contributed by atoms with Crippen LogP contribution in [0.5, 0.6) is 0 Å². The molecule has 0 aromatic heterocycles. The Morgan fingerprint density at radius 3 is 2.80 bits per heavy atom. The van der Waals surface area contributed by atoms with E-state index in [9.17, 15) is 9.18 Å². The highest BCUT2D eigenvalue weighted by molar-refractivity contribution is 9.10. The summed E-state index contributed by atoms with van der Waals surface area (Å²) in [5.74, 6) is -0.852. The van der Waals surface area contributed by atoms with Gasteiger partial charge in [0.05, 0.1) is 10.0 Å². The normalized spacial score (nSPS) is 10.3. The lowest BCUT2D eigenvalue weighted by Gasteiger charge is -2.09. The molecule has 0 saturated heterocycles. The number of esters is 1. The van der Waals surface area contributed by atoms with E-state index < -0.39 is 5.97 Å². The lowest BCUT2D eigenvalue weighted by Crippen LogP contribution is -2.09. The summed E-state index contributed by atoms with van der Waals surface area (Å²) in [6, 6.07) is 9.63. The topological polar surface area (TPSA) is 52.3 Å². The number of anilines is 1. The molecule has 0 atom stereocenters. The summed E-state index contributed by atoms with van der Waals surface area (Å²) in [5, 5.41) is 0. The van der Waals surface area contributed by atoms with Crippen molar-refractivity contribution >= 4 is 27.6 Å². The second-order valence-electron chi connectivity index (χ2n) is 4.36. The van der Waals surface area contributed by atoms with Crippen LogP contribution in [0.1, 0.15) is 21.5 Å². The second kappa shape index (κ2) is 6.05. The summed E-state index contributed by atoms with van der Waals surface area (Å²) < 4.78 is 18.6. The highest BCUT2D eigenvalue weighted by atomic mass is 79.9. The van der Waals surface area contributed by atoms with E-state index in [1.807, 2.05) is 13.0 Å². The number of benzene rings is 2. The minimum Gasteiger partial charge on any atom is -0.457 e. The van der Waals surface area contributed by atoms with Gasteiger partial charge in [0.2, 0.25) is 0 Å². The van der Waals surface area contributed by atoms with Crippen LogP contribution in [0.2, 0.25) is 0 Å². The number of carbonyl (C=O) groups is 1. The molecule has 3 nitrogen and oxygen atoms in total. The van der Waals surface area contributed by atoms with Gasteiger partial charge in [-0.05, 0) is 52.2 Å². The van der Waals surface area contributed by atoms with Crippen LogP contribution in [-0.4, -0.2) is 5.97 Å². The van der Waals surface area contributed by atoms with Gasteiger partial charge in [0.25, 0.3) is 0 Å². The molecule has 0 fully saturated rings. The molecule has 2 N–H and O–H groups in total. The molecular formula is C15H13BrFNO2. The van der Waals surface area contributed by atoms with Crippen LogP contribution < -0.4 is 5.73 Å². The monoisotopic (exact) mass is 337 g/mol. The molecule has 2 aromatic carbocycles. The van der Waals surface area contributed by atoms with E-state index in [-0.39, 0.29) is 12.4 Å². The van der Waals surface area contributed by atoms with Gasteiger partial charge in [-0.2, -0.15) is 0 Å². The van der Waals surface area contributed by atoms with E-state index in [0.717, 1.165) is 5.56 Å². The third-order valence-electron chi connectivity index (χ3n) is 2.90. The van der Waals surface area contributed by atoms with E-state index >= 15 is 0 Å². The molecule has 20 heavy (non-hydrogen) atoms. The largest absolute Gasteiger partial charge is 0.457 e. The zero-order valence-corrected chi connectivity index (χ0v) is 12.4. The van der Waals surface area contributed by atoms with Crippen LogP contribution >= 0.6 is 15.9 Å². The first-order valence-electron chi connectivity index (χ1n) is 5.95. The molecule has 0 aliphatic heterocycles. The van der Waals surface area contributed by atoms with E-state index in [4.69, 9.17) is 10.5 Å². The Morgan fingerprint density at radius 1 is 1.35 bits per heavy atom. The van der Waals surface area contributed by atoms with Crippen molar-refractivity contribution in [2.75, 3.05) is 5.73 Å². The average molecular weight is 338 g/mol. The smallest absolute Gasteiger partial charge is 0.340 e. The minimum absolute atomic E-state index is 0.0606. The Hall–Kier alpha value is -1.88. The van der Waals surface area contributed by atoms with Crippen molar-refractivity contribution in [1.82, 2.24) is 0 Å². The fraction of sp³-hybridized carbons (Fsp3) is 0.133. The molecule has 0 unspecified atom stereocenters. The number of halogens is 2. The summed E-state index contributed by atoms with van der Waals surface area (Å²) in [5.41, 5.74) is 8.11. The van der Waals surface area contributed by atoms with Crippen LogP contribution in [0.15, 0.2) is 40.9 Å². The van der Waals surface area contributed by atoms with Gasteiger partial charge in [-0.3, -0.25) is 0 Å². The number of aryl methyl sites for hydroxylation is 1. The molecule has 104 valence electrons. The van der Waals surface area contributed by atoms with Crippen molar-refractivity contribution in [3.63, 3.8) is 0 Å². The van der Waals surface area contributed by atoms with Gasteiger partial charge in [-0.1, -0.05) is 18.2 Å². The Balaban J connectivity index is 2.08. The Kier molecular flexibility index (Phi) is 4.39. The molecule has 0 spiro atoms. The van der Waals surface area contributed by atoms with Crippen molar-refractivity contribution in [3.8, 4) is 0 Å². The van der Waals surface area contributed by atoms with Crippen LogP contribution in [0.4, 0.5) is 10.1 Å². The predicted octanol–water partition coefficient (Wildman–Crippen LogP) is 3.84. The standard InChI is InChI=1S/C15H13BrFNO2/c1-9-3-2-4-11(14(9)18)15(19)20-8-10-5-6-13(17)12(16)7-10/h2-7H,8,18H2,1H3.